The maximum absolute atomic E-state index is 9.01. The molecule has 1 atom stereocenters. The van der Waals surface area contributed by atoms with Crippen molar-refractivity contribution in [1.82, 2.24) is 14.8 Å². The van der Waals surface area contributed by atoms with Crippen LogP contribution < -0.4 is 5.73 Å². The van der Waals surface area contributed by atoms with Gasteiger partial charge in [0.25, 0.3) is 0 Å². The highest BCUT2D eigenvalue weighted by atomic mass is 16.3. The summed E-state index contributed by atoms with van der Waals surface area (Å²) in [6, 6.07) is 0. The minimum atomic E-state index is -0.451. The smallest absolute Gasteiger partial charge is 0.147 e. The van der Waals surface area contributed by atoms with Gasteiger partial charge < -0.3 is 10.8 Å². The molecule has 0 aromatic carbocycles. The van der Waals surface area contributed by atoms with Crippen LogP contribution in [0.1, 0.15) is 37.8 Å². The van der Waals surface area contributed by atoms with E-state index in [4.69, 9.17) is 10.8 Å². The van der Waals surface area contributed by atoms with Gasteiger partial charge in [0, 0.05) is 12.1 Å². The Labute approximate surface area is 96.7 Å². The highest BCUT2D eigenvalue weighted by Gasteiger charge is 2.15. The van der Waals surface area contributed by atoms with Gasteiger partial charge >= 0.3 is 0 Å². The molecular formula is C11H22N4O. The first kappa shape index (κ1) is 13.1. The van der Waals surface area contributed by atoms with Crippen LogP contribution in [-0.2, 0) is 6.54 Å². The van der Waals surface area contributed by atoms with Crippen LogP contribution in [0.5, 0.6) is 0 Å². The van der Waals surface area contributed by atoms with Gasteiger partial charge in [-0.3, -0.25) is 4.68 Å². The summed E-state index contributed by atoms with van der Waals surface area (Å²) < 4.78 is 1.92. The lowest BCUT2D eigenvalue weighted by atomic mass is 9.97. The number of aliphatic hydroxyl groups is 1. The average molecular weight is 226 g/mol. The molecule has 0 aliphatic carbocycles. The Morgan fingerprint density at radius 2 is 2.06 bits per heavy atom. The highest BCUT2D eigenvalue weighted by Crippen LogP contribution is 2.10. The second kappa shape index (κ2) is 5.41. The topological polar surface area (TPSA) is 77.0 Å². The summed E-state index contributed by atoms with van der Waals surface area (Å²) in [7, 11) is 0. The number of aryl methyl sites for hydroxylation is 3. The van der Waals surface area contributed by atoms with Gasteiger partial charge in [0.1, 0.15) is 11.6 Å². The van der Waals surface area contributed by atoms with Crippen LogP contribution in [0.4, 0.5) is 0 Å². The quantitative estimate of drug-likeness (QED) is 0.703. The minimum Gasteiger partial charge on any atom is -0.394 e. The summed E-state index contributed by atoms with van der Waals surface area (Å²) in [6.07, 6.45) is 2.83. The van der Waals surface area contributed by atoms with E-state index in [-0.39, 0.29) is 6.61 Å². The minimum absolute atomic E-state index is 0.0362. The Bertz CT molecular complexity index is 333. The molecule has 16 heavy (non-hydrogen) atoms. The van der Waals surface area contributed by atoms with Crippen molar-refractivity contribution in [3.8, 4) is 0 Å². The summed E-state index contributed by atoms with van der Waals surface area (Å²) >= 11 is 0. The molecule has 0 aliphatic heterocycles. The zero-order valence-electron chi connectivity index (χ0n) is 10.4. The third-order valence-electron chi connectivity index (χ3n) is 2.69. The van der Waals surface area contributed by atoms with Crippen molar-refractivity contribution in [1.29, 1.82) is 0 Å². The van der Waals surface area contributed by atoms with Gasteiger partial charge in [-0.15, -0.1) is 0 Å². The Kier molecular flexibility index (Phi) is 4.44. The first-order valence-corrected chi connectivity index (χ1v) is 5.72. The first-order valence-electron chi connectivity index (χ1n) is 5.72. The molecular weight excluding hydrogens is 204 g/mol. The number of aliphatic hydroxyl groups excluding tert-OH is 1. The number of nitrogens with zero attached hydrogens (tertiary/aromatic N) is 3. The molecule has 0 saturated heterocycles. The summed E-state index contributed by atoms with van der Waals surface area (Å²) in [5.74, 6) is 1.77. The average Bonchev–Trinajstić information content (AvgIpc) is 2.52. The van der Waals surface area contributed by atoms with Crippen molar-refractivity contribution in [3.05, 3.63) is 11.6 Å². The molecule has 5 nitrogen and oxygen atoms in total. The Balaban J connectivity index is 2.29. The molecule has 0 spiro atoms. The molecule has 1 unspecified atom stereocenters. The van der Waals surface area contributed by atoms with E-state index in [1.165, 1.54) is 0 Å². The number of unbranched alkanes of at least 4 members (excludes halogenated alkanes) is 1. The largest absolute Gasteiger partial charge is 0.394 e. The van der Waals surface area contributed by atoms with E-state index in [0.717, 1.165) is 37.5 Å². The number of aromatic nitrogens is 3. The van der Waals surface area contributed by atoms with E-state index >= 15 is 0 Å². The number of hydrogen-bond acceptors (Lipinski definition) is 4. The van der Waals surface area contributed by atoms with Crippen LogP contribution in [0.2, 0.25) is 0 Å². The van der Waals surface area contributed by atoms with Gasteiger partial charge in [0.05, 0.1) is 6.61 Å². The van der Waals surface area contributed by atoms with Crippen LogP contribution in [0.3, 0.4) is 0 Å². The van der Waals surface area contributed by atoms with Crippen molar-refractivity contribution in [2.75, 3.05) is 6.61 Å². The standard InChI is InChI=1S/C11H22N4O/c1-9-13-10(2)15(14-9)7-5-4-6-11(3,12)8-16/h16H,4-8,12H2,1-3H3. The van der Waals surface area contributed by atoms with Gasteiger partial charge in [-0.1, -0.05) is 0 Å². The van der Waals surface area contributed by atoms with Gasteiger partial charge in [0.15, 0.2) is 0 Å². The SMILES string of the molecule is Cc1nc(C)n(CCCCC(C)(N)CO)n1. The zero-order chi connectivity index (χ0) is 12.2. The van der Waals surface area contributed by atoms with Crippen LogP contribution in [-0.4, -0.2) is 32.0 Å². The fraction of sp³-hybridized carbons (Fsp3) is 0.818. The van der Waals surface area contributed by atoms with E-state index in [1.807, 2.05) is 25.5 Å². The zero-order valence-corrected chi connectivity index (χ0v) is 10.4. The van der Waals surface area contributed by atoms with E-state index in [2.05, 4.69) is 10.1 Å². The van der Waals surface area contributed by atoms with Crippen molar-refractivity contribution in [2.45, 2.75) is 52.1 Å². The van der Waals surface area contributed by atoms with E-state index in [9.17, 15) is 0 Å². The molecule has 0 saturated carbocycles. The van der Waals surface area contributed by atoms with Gasteiger partial charge in [-0.25, -0.2) is 4.98 Å². The first-order chi connectivity index (χ1) is 7.44. The van der Waals surface area contributed by atoms with Gasteiger partial charge in [-0.2, -0.15) is 5.10 Å². The van der Waals surface area contributed by atoms with Gasteiger partial charge in [-0.05, 0) is 40.0 Å². The highest BCUT2D eigenvalue weighted by molar-refractivity contribution is 4.87. The molecule has 0 aliphatic rings. The molecule has 1 rings (SSSR count). The maximum Gasteiger partial charge on any atom is 0.147 e. The molecule has 1 heterocycles. The molecule has 92 valence electrons. The van der Waals surface area contributed by atoms with E-state index < -0.39 is 5.54 Å². The van der Waals surface area contributed by atoms with E-state index in [1.54, 1.807) is 0 Å². The normalized spacial score (nSPS) is 15.1. The predicted octanol–water partition coefficient (Wildman–Crippen LogP) is 0.775. The fourth-order valence-electron chi connectivity index (χ4n) is 1.64. The molecule has 1 aromatic heterocycles. The van der Waals surface area contributed by atoms with Gasteiger partial charge in [0.2, 0.25) is 0 Å². The predicted molar refractivity (Wildman–Crippen MR) is 63.0 cm³/mol. The Hall–Kier alpha value is -0.940. The third-order valence-corrected chi connectivity index (χ3v) is 2.69. The van der Waals surface area contributed by atoms with E-state index in [0.29, 0.717) is 0 Å². The maximum atomic E-state index is 9.01. The molecule has 3 N–H and O–H groups in total. The second-order valence-corrected chi connectivity index (χ2v) is 4.70. The third kappa shape index (κ3) is 3.90. The summed E-state index contributed by atoms with van der Waals surface area (Å²) in [5.41, 5.74) is 5.39. The molecule has 5 heteroatoms. The van der Waals surface area contributed by atoms with Crippen LogP contribution in [0.25, 0.3) is 0 Å². The lowest BCUT2D eigenvalue weighted by Crippen LogP contribution is -2.39. The Morgan fingerprint density at radius 3 is 2.56 bits per heavy atom. The van der Waals surface area contributed by atoms with Crippen molar-refractivity contribution < 1.29 is 5.11 Å². The number of nitrogens with two attached hydrogens (primary N) is 1. The van der Waals surface area contributed by atoms with Crippen molar-refractivity contribution >= 4 is 0 Å². The fourth-order valence-corrected chi connectivity index (χ4v) is 1.64. The summed E-state index contributed by atoms with van der Waals surface area (Å²) in [6.45, 7) is 6.63. The molecule has 0 bridgehead atoms. The monoisotopic (exact) mass is 226 g/mol. The van der Waals surface area contributed by atoms with Crippen LogP contribution in [0.15, 0.2) is 0 Å². The lowest BCUT2D eigenvalue weighted by molar-refractivity contribution is 0.197. The molecule has 0 fully saturated rings. The molecule has 0 radical (unpaired) electrons. The molecule has 1 aromatic rings. The Morgan fingerprint density at radius 1 is 1.38 bits per heavy atom. The number of rotatable bonds is 6. The summed E-state index contributed by atoms with van der Waals surface area (Å²) in [4.78, 5) is 4.24. The summed E-state index contributed by atoms with van der Waals surface area (Å²) in [5, 5.41) is 13.3. The van der Waals surface area contributed by atoms with Crippen LogP contribution >= 0.6 is 0 Å². The second-order valence-electron chi connectivity index (χ2n) is 4.70. The molecule has 0 amide bonds. The van der Waals surface area contributed by atoms with Crippen molar-refractivity contribution in [3.63, 3.8) is 0 Å². The van der Waals surface area contributed by atoms with Crippen molar-refractivity contribution in [2.24, 2.45) is 5.73 Å². The van der Waals surface area contributed by atoms with Crippen LogP contribution in [0, 0.1) is 13.8 Å². The number of hydrogen-bond donors (Lipinski definition) is 2. The lowest BCUT2D eigenvalue weighted by Gasteiger charge is -2.21.